The Morgan fingerprint density at radius 3 is 2.73 bits per heavy atom. The summed E-state index contributed by atoms with van der Waals surface area (Å²) in [4.78, 5) is 30.4. The second-order valence-electron chi connectivity index (χ2n) is 8.44. The highest BCUT2D eigenvalue weighted by Crippen LogP contribution is 2.37. The molecule has 3 aromatic rings. The Hall–Kier alpha value is -3.68. The summed E-state index contributed by atoms with van der Waals surface area (Å²) < 4.78 is 24.8. The molecule has 0 bridgehead atoms. The van der Waals surface area contributed by atoms with E-state index < -0.39 is 0 Å². The first-order valence-corrected chi connectivity index (χ1v) is 11.0. The molecule has 2 aromatic carbocycles. The largest absolute Gasteiger partial charge is 0.484 e. The van der Waals surface area contributed by atoms with Crippen molar-refractivity contribution >= 4 is 11.8 Å². The molecule has 0 saturated heterocycles. The highest BCUT2D eigenvalue weighted by molar-refractivity contribution is 5.92. The van der Waals surface area contributed by atoms with Crippen LogP contribution in [0.5, 0.6) is 5.75 Å². The van der Waals surface area contributed by atoms with Crippen molar-refractivity contribution in [3.05, 3.63) is 82.8 Å². The van der Waals surface area contributed by atoms with Gasteiger partial charge in [0.2, 0.25) is 11.8 Å². The van der Waals surface area contributed by atoms with Gasteiger partial charge in [-0.3, -0.25) is 9.59 Å². The molecule has 1 aliphatic heterocycles. The number of carbonyl (C=O) groups excluding carboxylic acids is 2. The molecule has 2 heterocycles. The SMILES string of the molecule is CC(=O)N1CCc2ccc(OCc3nc(C(=O)NC4CC4)co3)cc2C1c1ccc(F)cc1. The molecule has 0 spiro atoms. The van der Waals surface area contributed by atoms with Crippen LogP contribution in [0.25, 0.3) is 0 Å². The number of nitrogens with zero attached hydrogens (tertiary/aromatic N) is 2. The molecule has 8 heteroatoms. The summed E-state index contributed by atoms with van der Waals surface area (Å²) in [5.74, 6) is 0.283. The van der Waals surface area contributed by atoms with E-state index in [4.69, 9.17) is 9.15 Å². The number of fused-ring (bicyclic) bond motifs is 1. The molecule has 5 rings (SSSR count). The van der Waals surface area contributed by atoms with Crippen LogP contribution in [0, 0.1) is 5.82 Å². The zero-order valence-electron chi connectivity index (χ0n) is 18.2. The Balaban J connectivity index is 1.35. The van der Waals surface area contributed by atoms with Gasteiger partial charge in [-0.25, -0.2) is 9.37 Å². The van der Waals surface area contributed by atoms with E-state index in [1.54, 1.807) is 24.0 Å². The minimum atomic E-state index is -0.324. The van der Waals surface area contributed by atoms with Crippen molar-refractivity contribution in [1.29, 1.82) is 0 Å². The van der Waals surface area contributed by atoms with Crippen LogP contribution >= 0.6 is 0 Å². The molecule has 1 N–H and O–H groups in total. The number of amides is 2. The Bertz CT molecular complexity index is 1190. The van der Waals surface area contributed by atoms with Crippen molar-refractivity contribution in [1.82, 2.24) is 15.2 Å². The lowest BCUT2D eigenvalue weighted by Crippen LogP contribution is -2.39. The van der Waals surface area contributed by atoms with Gasteiger partial charge in [0.25, 0.3) is 5.91 Å². The van der Waals surface area contributed by atoms with Gasteiger partial charge in [-0.2, -0.15) is 0 Å². The Labute approximate surface area is 190 Å². The molecule has 2 amide bonds. The summed E-state index contributed by atoms with van der Waals surface area (Å²) >= 11 is 0. The fraction of sp³-hybridized carbons (Fsp3) is 0.320. The Morgan fingerprint density at radius 1 is 1.21 bits per heavy atom. The second-order valence-corrected chi connectivity index (χ2v) is 8.44. The van der Waals surface area contributed by atoms with E-state index in [1.165, 1.54) is 18.4 Å². The van der Waals surface area contributed by atoms with Crippen LogP contribution in [0.2, 0.25) is 0 Å². The van der Waals surface area contributed by atoms with Crippen molar-refractivity contribution in [3.63, 3.8) is 0 Å². The minimum absolute atomic E-state index is 0.0434. The highest BCUT2D eigenvalue weighted by atomic mass is 19.1. The monoisotopic (exact) mass is 449 g/mol. The number of benzene rings is 2. The van der Waals surface area contributed by atoms with E-state index in [-0.39, 0.29) is 42.0 Å². The number of aromatic nitrogens is 1. The molecule has 33 heavy (non-hydrogen) atoms. The van der Waals surface area contributed by atoms with E-state index in [0.717, 1.165) is 36.0 Å². The molecule has 0 radical (unpaired) electrons. The van der Waals surface area contributed by atoms with E-state index in [9.17, 15) is 14.0 Å². The summed E-state index contributed by atoms with van der Waals surface area (Å²) in [7, 11) is 0. The number of hydrogen-bond acceptors (Lipinski definition) is 5. The average Bonchev–Trinajstić information content (AvgIpc) is 3.50. The van der Waals surface area contributed by atoms with Crippen LogP contribution in [0.4, 0.5) is 4.39 Å². The fourth-order valence-corrected chi connectivity index (χ4v) is 4.14. The van der Waals surface area contributed by atoms with E-state index >= 15 is 0 Å². The normalized spacial score (nSPS) is 17.4. The predicted molar refractivity (Wildman–Crippen MR) is 117 cm³/mol. The van der Waals surface area contributed by atoms with Gasteiger partial charge < -0.3 is 19.4 Å². The number of halogens is 1. The number of oxazole rings is 1. The van der Waals surface area contributed by atoms with Gasteiger partial charge in [-0.1, -0.05) is 18.2 Å². The van der Waals surface area contributed by atoms with Crippen molar-refractivity contribution in [2.24, 2.45) is 0 Å². The summed E-state index contributed by atoms with van der Waals surface area (Å²) in [6.07, 6.45) is 4.06. The zero-order valence-corrected chi connectivity index (χ0v) is 18.2. The fourth-order valence-electron chi connectivity index (χ4n) is 4.14. The molecule has 170 valence electrons. The molecule has 7 nitrogen and oxygen atoms in total. The van der Waals surface area contributed by atoms with E-state index in [2.05, 4.69) is 10.3 Å². The lowest BCUT2D eigenvalue weighted by Gasteiger charge is -2.37. The predicted octanol–water partition coefficient (Wildman–Crippen LogP) is 3.78. The third-order valence-corrected chi connectivity index (χ3v) is 6.00. The molecule has 1 unspecified atom stereocenters. The van der Waals surface area contributed by atoms with Gasteiger partial charge >= 0.3 is 0 Å². The summed E-state index contributed by atoms with van der Waals surface area (Å²) in [6, 6.07) is 11.9. The second kappa shape index (κ2) is 8.69. The van der Waals surface area contributed by atoms with Crippen LogP contribution in [-0.2, 0) is 17.8 Å². The van der Waals surface area contributed by atoms with Gasteiger partial charge in [0.1, 0.15) is 17.8 Å². The van der Waals surface area contributed by atoms with Gasteiger partial charge in [-0.15, -0.1) is 0 Å². The minimum Gasteiger partial charge on any atom is -0.484 e. The average molecular weight is 449 g/mol. The molecule has 1 aromatic heterocycles. The molecule has 2 aliphatic rings. The molecular weight excluding hydrogens is 425 g/mol. The molecule has 1 atom stereocenters. The topological polar surface area (TPSA) is 84.7 Å². The van der Waals surface area contributed by atoms with Crippen molar-refractivity contribution in [2.45, 2.75) is 44.9 Å². The Morgan fingerprint density at radius 2 is 2.00 bits per heavy atom. The van der Waals surface area contributed by atoms with E-state index in [1.807, 2.05) is 18.2 Å². The Kier molecular flexibility index (Phi) is 5.58. The maximum atomic E-state index is 13.5. The maximum absolute atomic E-state index is 13.5. The summed E-state index contributed by atoms with van der Waals surface area (Å²) in [6.45, 7) is 2.20. The first-order chi connectivity index (χ1) is 16.0. The van der Waals surface area contributed by atoms with Crippen LogP contribution in [-0.4, -0.2) is 34.3 Å². The van der Waals surface area contributed by atoms with Gasteiger partial charge in [-0.05, 0) is 60.2 Å². The van der Waals surface area contributed by atoms with Crippen molar-refractivity contribution in [3.8, 4) is 5.75 Å². The third kappa shape index (κ3) is 4.60. The quantitative estimate of drug-likeness (QED) is 0.619. The smallest absolute Gasteiger partial charge is 0.273 e. The van der Waals surface area contributed by atoms with Gasteiger partial charge in [0, 0.05) is 19.5 Å². The van der Waals surface area contributed by atoms with Gasteiger partial charge in [0.05, 0.1) is 6.04 Å². The third-order valence-electron chi connectivity index (χ3n) is 6.00. The number of carbonyl (C=O) groups is 2. The van der Waals surface area contributed by atoms with Crippen molar-refractivity contribution < 1.29 is 23.1 Å². The lowest BCUT2D eigenvalue weighted by atomic mass is 9.88. The first kappa shape index (κ1) is 21.2. The number of nitrogens with one attached hydrogen (secondary N) is 1. The lowest BCUT2D eigenvalue weighted by molar-refractivity contribution is -0.130. The van der Waals surface area contributed by atoms with Crippen molar-refractivity contribution in [2.75, 3.05) is 6.54 Å². The van der Waals surface area contributed by atoms with Crippen LogP contribution in [0.3, 0.4) is 0 Å². The molecular formula is C25H24FN3O4. The number of ether oxygens (including phenoxy) is 1. The van der Waals surface area contributed by atoms with Crippen LogP contribution in [0.1, 0.15) is 58.9 Å². The first-order valence-electron chi connectivity index (χ1n) is 11.0. The zero-order chi connectivity index (χ0) is 22.9. The maximum Gasteiger partial charge on any atom is 0.273 e. The number of rotatable bonds is 6. The molecule has 1 aliphatic carbocycles. The summed E-state index contributed by atoms with van der Waals surface area (Å²) in [5, 5.41) is 2.87. The van der Waals surface area contributed by atoms with Crippen LogP contribution < -0.4 is 10.1 Å². The van der Waals surface area contributed by atoms with Gasteiger partial charge in [0.15, 0.2) is 12.3 Å². The summed E-state index contributed by atoms with van der Waals surface area (Å²) in [5.41, 5.74) is 3.13. The molecule has 1 saturated carbocycles. The standard InChI is InChI=1S/C25H24FN3O4/c1-15(30)29-11-10-16-4-9-20(12-21(16)24(29)17-2-5-18(26)6-3-17)32-14-23-28-22(13-33-23)25(31)27-19-7-8-19/h2-6,9,12-13,19,24H,7-8,10-11,14H2,1H3,(H,27,31). The molecule has 1 fully saturated rings. The van der Waals surface area contributed by atoms with E-state index in [0.29, 0.717) is 18.2 Å². The highest BCUT2D eigenvalue weighted by Gasteiger charge is 2.31. The van der Waals surface area contributed by atoms with Crippen LogP contribution in [0.15, 0.2) is 53.1 Å². The number of hydrogen-bond donors (Lipinski definition) is 1.